The third-order valence-electron chi connectivity index (χ3n) is 13.2. The van der Waals surface area contributed by atoms with Crippen molar-refractivity contribution in [1.29, 1.82) is 0 Å². The Morgan fingerprint density at radius 2 is 1.49 bits per heavy atom. The average molecular weight is 875 g/mol. The molecule has 0 radical (unpaired) electrons. The van der Waals surface area contributed by atoms with Crippen LogP contribution in [-0.2, 0) is 42.9 Å². The number of ketones is 1. The topological polar surface area (TPSA) is 242 Å². The number of carbonyl (C=O) groups excluding carboxylic acids is 6. The highest BCUT2D eigenvalue weighted by molar-refractivity contribution is 5.96. The molecule has 334 valence electrons. The Morgan fingerprint density at radius 1 is 0.873 bits per heavy atom. The number of aliphatic hydroxyl groups excluding tert-OH is 3. The van der Waals surface area contributed by atoms with E-state index < -0.39 is 161 Å². The van der Waals surface area contributed by atoms with Gasteiger partial charge in [-0.2, -0.15) is 0 Å². The quantitative estimate of drug-likeness (QED) is 0.112. The number of nitrogens with one attached hydrogen (secondary N) is 1. The van der Waals surface area contributed by atoms with Crippen molar-refractivity contribution in [3.8, 4) is 0 Å². The van der Waals surface area contributed by atoms with Gasteiger partial charge in [0.15, 0.2) is 23.6 Å². The predicted molar refractivity (Wildman–Crippen MR) is 219 cm³/mol. The molecule has 3 fully saturated rings. The average Bonchev–Trinajstić information content (AvgIpc) is 3.28. The molecule has 3 aliphatic carbocycles. The molecule has 2 saturated carbocycles. The molecule has 16 nitrogen and oxygen atoms in total. The highest BCUT2D eigenvalue weighted by Gasteiger charge is 2.80. The van der Waals surface area contributed by atoms with Crippen molar-refractivity contribution in [3.05, 3.63) is 119 Å². The minimum absolute atomic E-state index is 0.000149. The van der Waals surface area contributed by atoms with Crippen LogP contribution in [0, 0.1) is 16.7 Å². The molecule has 5 N–H and O–H groups in total. The summed E-state index contributed by atoms with van der Waals surface area (Å²) >= 11 is 0. The molecular weight excluding hydrogens is 819 g/mol. The molecule has 1 aliphatic heterocycles. The number of amides is 1. The minimum Gasteiger partial charge on any atom is -0.456 e. The van der Waals surface area contributed by atoms with E-state index in [0.717, 1.165) is 13.8 Å². The second-order valence-electron chi connectivity index (χ2n) is 17.1. The van der Waals surface area contributed by atoms with Crippen LogP contribution in [0.5, 0.6) is 0 Å². The maximum atomic E-state index is 15.6. The van der Waals surface area contributed by atoms with Crippen LogP contribution in [0.4, 0.5) is 0 Å². The van der Waals surface area contributed by atoms with Gasteiger partial charge < -0.3 is 49.4 Å². The molecule has 2 bridgehead atoms. The number of esters is 4. The summed E-state index contributed by atoms with van der Waals surface area (Å²) in [5.41, 5.74) is -9.83. The zero-order chi connectivity index (χ0) is 50.2. The van der Waals surface area contributed by atoms with Crippen LogP contribution >= 0.6 is 0 Å². The first-order valence-electron chi connectivity index (χ1n) is 22.7. The second kappa shape index (κ2) is 16.7. The first-order valence-corrected chi connectivity index (χ1v) is 20.2. The van der Waals surface area contributed by atoms with Crippen LogP contribution in [-0.4, -0.2) is 117 Å². The Kier molecular flexibility index (Phi) is 10.3. The van der Waals surface area contributed by atoms with Gasteiger partial charge in [0.1, 0.15) is 30.0 Å². The lowest BCUT2D eigenvalue weighted by atomic mass is 9.44. The summed E-state index contributed by atoms with van der Waals surface area (Å²) in [6.45, 7) is 7.00. The zero-order valence-corrected chi connectivity index (χ0v) is 35.2. The van der Waals surface area contributed by atoms with E-state index in [1.807, 2.05) is 0 Å². The van der Waals surface area contributed by atoms with Gasteiger partial charge in [-0.05, 0) is 54.8 Å². The van der Waals surface area contributed by atoms with Crippen molar-refractivity contribution in [3.63, 3.8) is 0 Å². The van der Waals surface area contributed by atoms with Gasteiger partial charge in [0.25, 0.3) is 5.91 Å². The van der Waals surface area contributed by atoms with Gasteiger partial charge in [-0.15, -0.1) is 0 Å². The summed E-state index contributed by atoms with van der Waals surface area (Å²) in [4.78, 5) is 84.2. The van der Waals surface area contributed by atoms with Gasteiger partial charge in [-0.3, -0.25) is 19.2 Å². The maximum absolute atomic E-state index is 15.6. The highest BCUT2D eigenvalue weighted by Crippen LogP contribution is 2.64. The Hall–Kier alpha value is -5.78. The van der Waals surface area contributed by atoms with Crippen LogP contribution < -0.4 is 5.32 Å². The first-order chi connectivity index (χ1) is 31.8. The molecule has 12 atom stereocenters. The van der Waals surface area contributed by atoms with E-state index in [4.69, 9.17) is 30.5 Å². The standard InChI is InChI=1S/C47H51NO15/c1-24-30(61-43(57)33(51)32(27-16-10-7-11-17-27)48-41(55)28-18-12-8-13-19-28)22-47(58)40(62-42(56)29-20-14-9-15-21-29)36-45(6,38(54)35(60-25(2)49)31(24)44(47,4)5)37(53)34(52)39-46(36,23-59-39)63-26(3)50/h7-21,30,32-37,39-40,51-53,58H,22-23H2,1-6H3,(H,48,55)/t30-,32-,33+,34-,35+,36-,37-,39+,40-,45-,46+,47+/m0/s1/i8D,12D,13D,18D,19D. The monoisotopic (exact) mass is 874 g/mol. The fourth-order valence-corrected chi connectivity index (χ4v) is 10.0. The largest absolute Gasteiger partial charge is 0.456 e. The Morgan fingerprint density at radius 3 is 2.06 bits per heavy atom. The van der Waals surface area contributed by atoms with Crippen molar-refractivity contribution in [2.45, 2.75) is 108 Å². The summed E-state index contributed by atoms with van der Waals surface area (Å²) in [5, 5.41) is 51.7. The molecule has 1 saturated heterocycles. The van der Waals surface area contributed by atoms with E-state index in [9.17, 15) is 44.4 Å². The van der Waals surface area contributed by atoms with Crippen molar-refractivity contribution in [2.75, 3.05) is 6.61 Å². The van der Waals surface area contributed by atoms with Crippen molar-refractivity contribution in [2.24, 2.45) is 16.7 Å². The maximum Gasteiger partial charge on any atom is 0.338 e. The fourth-order valence-electron chi connectivity index (χ4n) is 10.0. The number of hydrogen-bond acceptors (Lipinski definition) is 15. The Bertz CT molecular complexity index is 2590. The van der Waals surface area contributed by atoms with E-state index >= 15 is 4.79 Å². The lowest BCUT2D eigenvalue weighted by Gasteiger charge is -2.68. The Labute approximate surface area is 370 Å². The predicted octanol–water partition coefficient (Wildman–Crippen LogP) is 2.71. The first kappa shape index (κ1) is 38.9. The number of aliphatic hydroxyl groups is 4. The molecule has 3 aromatic rings. The summed E-state index contributed by atoms with van der Waals surface area (Å²) in [7, 11) is 0. The SMILES string of the molecule is [2H]c1c([2H])c([2H])c(C(=O)N[C@@H](c2ccccc2)[C@@H](O)C(=O)O[C@H]2C[C@@]3(O)[C@@H](OC(=O)c4ccccc4)[C@@H]4[C@]5(OC(C)=O)CO[C@@H]5[C@@H](O)[C@H](O)[C@@]4(C)C(=O)[C@H](OC(C)=O)C(=C2C)C3(C)C)c([2H])c1[2H]. The van der Waals surface area contributed by atoms with E-state index in [1.165, 1.54) is 76.2 Å². The molecule has 0 unspecified atom stereocenters. The zero-order valence-electron chi connectivity index (χ0n) is 40.2. The minimum atomic E-state index is -2.59. The van der Waals surface area contributed by atoms with Gasteiger partial charge in [0.05, 0.1) is 42.5 Å². The molecule has 1 amide bonds. The summed E-state index contributed by atoms with van der Waals surface area (Å²) in [6.07, 6.45) is -14.4. The van der Waals surface area contributed by atoms with Crippen molar-refractivity contribution < 1.29 is 79.7 Å². The number of benzene rings is 3. The number of fused-ring (bicyclic) bond motifs is 5. The molecule has 0 spiro atoms. The normalized spacial score (nSPS) is 33.8. The third-order valence-corrected chi connectivity index (χ3v) is 13.2. The lowest BCUT2D eigenvalue weighted by Crippen LogP contribution is -2.85. The smallest absolute Gasteiger partial charge is 0.338 e. The van der Waals surface area contributed by atoms with E-state index in [2.05, 4.69) is 5.32 Å². The van der Waals surface area contributed by atoms with Gasteiger partial charge >= 0.3 is 23.9 Å². The lowest BCUT2D eigenvalue weighted by molar-refractivity contribution is -0.369. The third kappa shape index (κ3) is 7.42. The molecule has 0 aromatic heterocycles. The highest BCUT2D eigenvalue weighted by atomic mass is 16.6. The van der Waals surface area contributed by atoms with Gasteiger partial charge in [-0.1, -0.05) is 80.5 Å². The molecule has 63 heavy (non-hydrogen) atoms. The number of ether oxygens (including phenoxy) is 5. The van der Waals surface area contributed by atoms with Crippen LogP contribution in [0.3, 0.4) is 0 Å². The van der Waals surface area contributed by atoms with Gasteiger partial charge in [0, 0.05) is 31.2 Å². The second-order valence-corrected chi connectivity index (χ2v) is 17.1. The van der Waals surface area contributed by atoms with Gasteiger partial charge in [0.2, 0.25) is 0 Å². The summed E-state index contributed by atoms with van der Waals surface area (Å²) < 4.78 is 70.5. The molecule has 16 heteroatoms. The summed E-state index contributed by atoms with van der Waals surface area (Å²) in [6, 6.07) is 9.10. The van der Waals surface area contributed by atoms with Crippen molar-refractivity contribution >= 4 is 35.6 Å². The van der Waals surface area contributed by atoms with Crippen molar-refractivity contribution in [1.82, 2.24) is 5.32 Å². The van der Waals surface area contributed by atoms with E-state index in [1.54, 1.807) is 12.1 Å². The van der Waals surface area contributed by atoms with Crippen LogP contribution in [0.15, 0.2) is 102 Å². The molecular formula is C47H51NO15. The number of rotatable bonds is 10. The fraction of sp³-hybridized carbons (Fsp3) is 0.447. The molecule has 7 rings (SSSR count). The van der Waals surface area contributed by atoms with E-state index in [-0.39, 0.29) is 22.3 Å². The van der Waals surface area contributed by atoms with Crippen LogP contribution in [0.2, 0.25) is 0 Å². The van der Waals surface area contributed by atoms with E-state index in [0.29, 0.717) is 0 Å². The molecule has 1 heterocycles. The molecule has 3 aromatic carbocycles. The summed E-state index contributed by atoms with van der Waals surface area (Å²) in [5.74, 6) is -8.62. The number of hydrogen-bond donors (Lipinski definition) is 5. The van der Waals surface area contributed by atoms with Gasteiger partial charge in [-0.25, -0.2) is 9.59 Å². The van der Waals surface area contributed by atoms with Crippen LogP contribution in [0.1, 0.15) is 87.1 Å². The Balaban J connectivity index is 1.39. The molecule has 4 aliphatic rings. The van der Waals surface area contributed by atoms with Crippen LogP contribution in [0.25, 0.3) is 0 Å². The number of carbonyl (C=O) groups is 6. The number of Topliss-reactive ketones (excluding diaryl/α,β-unsaturated/α-hetero) is 1.